The van der Waals surface area contributed by atoms with E-state index < -0.39 is 0 Å². The van der Waals surface area contributed by atoms with Crippen LogP contribution in [0.15, 0.2) is 16.8 Å². The second kappa shape index (κ2) is 6.01. The average molecular weight is 140 g/mol. The molecular weight excluding hydrogens is 128 g/mol. The molecule has 3 nitrogen and oxygen atoms in total. The highest BCUT2D eigenvalue weighted by Gasteiger charge is 1.87. The first-order chi connectivity index (χ1) is 4.85. The largest absolute Gasteiger partial charge is 0.353 e. The molecule has 0 aliphatic carbocycles. The fourth-order valence-corrected chi connectivity index (χ4v) is 0.534. The summed E-state index contributed by atoms with van der Waals surface area (Å²) in [6.45, 7) is 4.23. The van der Waals surface area contributed by atoms with Crippen molar-refractivity contribution in [2.24, 2.45) is 4.99 Å². The molecule has 0 rings (SSSR count). The van der Waals surface area contributed by atoms with E-state index in [1.165, 1.54) is 0 Å². The maximum atomic E-state index is 9.84. The zero-order valence-corrected chi connectivity index (χ0v) is 6.29. The summed E-state index contributed by atoms with van der Waals surface area (Å²) in [7, 11) is 0. The number of allylic oxidation sites excluding steroid dienone is 1. The molecule has 0 saturated carbocycles. The van der Waals surface area contributed by atoms with Crippen molar-refractivity contribution in [3.63, 3.8) is 0 Å². The van der Waals surface area contributed by atoms with Gasteiger partial charge in [-0.15, -0.1) is 0 Å². The van der Waals surface area contributed by atoms with Gasteiger partial charge in [0, 0.05) is 6.21 Å². The van der Waals surface area contributed by atoms with Crippen molar-refractivity contribution in [2.75, 3.05) is 6.54 Å². The van der Waals surface area contributed by atoms with Gasteiger partial charge in [-0.25, -0.2) is 0 Å². The van der Waals surface area contributed by atoms with Gasteiger partial charge in [0.15, 0.2) is 0 Å². The maximum Gasteiger partial charge on any atom is 0.207 e. The van der Waals surface area contributed by atoms with E-state index in [-0.39, 0.29) is 0 Å². The van der Waals surface area contributed by atoms with Crippen LogP contribution in [0.25, 0.3) is 0 Å². The first-order valence-corrected chi connectivity index (χ1v) is 3.16. The van der Waals surface area contributed by atoms with Crippen LogP contribution in [0.2, 0.25) is 0 Å². The fourth-order valence-electron chi connectivity index (χ4n) is 0.534. The van der Waals surface area contributed by atoms with Crippen molar-refractivity contribution in [1.29, 1.82) is 0 Å². The van der Waals surface area contributed by atoms with Crippen molar-refractivity contribution in [3.05, 3.63) is 11.8 Å². The lowest BCUT2D eigenvalue weighted by Crippen LogP contribution is -2.13. The molecule has 10 heavy (non-hydrogen) atoms. The van der Waals surface area contributed by atoms with Gasteiger partial charge in [-0.1, -0.05) is 6.08 Å². The molecule has 0 atom stereocenters. The number of rotatable bonds is 4. The van der Waals surface area contributed by atoms with Gasteiger partial charge in [-0.05, 0) is 13.8 Å². The summed E-state index contributed by atoms with van der Waals surface area (Å²) in [6.07, 6.45) is 4.22. The summed E-state index contributed by atoms with van der Waals surface area (Å²) in [6, 6.07) is 0. The van der Waals surface area contributed by atoms with E-state index in [1.54, 1.807) is 6.21 Å². The molecule has 0 spiro atoms. The molecular formula is C7H12N2O. The van der Waals surface area contributed by atoms with E-state index >= 15 is 0 Å². The number of aliphatic imine (C=N–C) groups is 1. The minimum atomic E-state index is 0.504. The van der Waals surface area contributed by atoms with Gasteiger partial charge in [0.05, 0.1) is 12.2 Å². The number of hydrogen-bond donors (Lipinski definition) is 1. The Balaban J connectivity index is 3.73. The van der Waals surface area contributed by atoms with Crippen LogP contribution in [-0.2, 0) is 4.79 Å². The molecule has 0 unspecified atom stereocenters. The predicted molar refractivity (Wildman–Crippen MR) is 42.0 cm³/mol. The second-order valence-corrected chi connectivity index (χ2v) is 1.67. The Morgan fingerprint density at radius 3 is 2.70 bits per heavy atom. The lowest BCUT2D eigenvalue weighted by molar-refractivity contribution is -0.109. The molecule has 0 radical (unpaired) electrons. The Hall–Kier alpha value is -1.12. The lowest BCUT2D eigenvalue weighted by atomic mass is 10.4. The lowest BCUT2D eigenvalue weighted by Gasteiger charge is -1.96. The highest BCUT2D eigenvalue weighted by atomic mass is 16.1. The van der Waals surface area contributed by atoms with E-state index in [2.05, 4.69) is 10.3 Å². The van der Waals surface area contributed by atoms with Crippen LogP contribution < -0.4 is 5.32 Å². The number of carbonyl (C=O) groups excluding carboxylic acids is 1. The smallest absolute Gasteiger partial charge is 0.207 e. The number of amides is 1. The summed E-state index contributed by atoms with van der Waals surface area (Å²) in [5, 5.41) is 2.52. The Morgan fingerprint density at radius 2 is 2.30 bits per heavy atom. The van der Waals surface area contributed by atoms with E-state index in [9.17, 15) is 4.79 Å². The monoisotopic (exact) mass is 140 g/mol. The average Bonchev–Trinajstić information content (AvgIpc) is 1.98. The zero-order valence-electron chi connectivity index (χ0n) is 6.29. The van der Waals surface area contributed by atoms with Crippen LogP contribution in [-0.4, -0.2) is 19.2 Å². The van der Waals surface area contributed by atoms with E-state index in [0.717, 1.165) is 5.70 Å². The van der Waals surface area contributed by atoms with E-state index in [0.29, 0.717) is 13.0 Å². The summed E-state index contributed by atoms with van der Waals surface area (Å²) in [5.74, 6) is 0. The Bertz CT molecular complexity index is 150. The van der Waals surface area contributed by atoms with Crippen molar-refractivity contribution in [2.45, 2.75) is 13.8 Å². The van der Waals surface area contributed by atoms with Gasteiger partial charge >= 0.3 is 0 Å². The fraction of sp³-hybridized carbons (Fsp3) is 0.429. The molecule has 1 amide bonds. The highest BCUT2D eigenvalue weighted by Crippen LogP contribution is 1.91. The summed E-state index contributed by atoms with van der Waals surface area (Å²) in [5.41, 5.74) is 0.870. The maximum absolute atomic E-state index is 9.84. The summed E-state index contributed by atoms with van der Waals surface area (Å²) < 4.78 is 0. The number of nitrogens with one attached hydrogen (secondary N) is 1. The van der Waals surface area contributed by atoms with Crippen LogP contribution in [0.3, 0.4) is 0 Å². The Kier molecular flexibility index (Phi) is 5.33. The van der Waals surface area contributed by atoms with Crippen molar-refractivity contribution >= 4 is 12.6 Å². The minimum absolute atomic E-state index is 0.504. The molecule has 0 fully saturated rings. The SMILES string of the molecule is C/C=N\C(=C/C)CNC=O. The van der Waals surface area contributed by atoms with Gasteiger partial charge < -0.3 is 5.32 Å². The molecule has 0 aromatic carbocycles. The summed E-state index contributed by atoms with van der Waals surface area (Å²) in [4.78, 5) is 13.8. The second-order valence-electron chi connectivity index (χ2n) is 1.67. The zero-order chi connectivity index (χ0) is 7.82. The third-order valence-electron chi connectivity index (χ3n) is 0.995. The highest BCUT2D eigenvalue weighted by molar-refractivity contribution is 5.55. The van der Waals surface area contributed by atoms with Crippen LogP contribution in [0.4, 0.5) is 0 Å². The molecule has 0 bridgehead atoms. The quantitative estimate of drug-likeness (QED) is 0.454. The Morgan fingerprint density at radius 1 is 1.60 bits per heavy atom. The van der Waals surface area contributed by atoms with Crippen molar-refractivity contribution in [1.82, 2.24) is 5.32 Å². The predicted octanol–water partition coefficient (Wildman–Crippen LogP) is 0.727. The van der Waals surface area contributed by atoms with Gasteiger partial charge in [0.1, 0.15) is 0 Å². The molecule has 1 N–H and O–H groups in total. The van der Waals surface area contributed by atoms with Gasteiger partial charge in [-0.3, -0.25) is 9.79 Å². The molecule has 3 heteroatoms. The molecule has 0 aliphatic heterocycles. The Labute approximate surface area is 60.8 Å². The van der Waals surface area contributed by atoms with Gasteiger partial charge in [0.25, 0.3) is 0 Å². The van der Waals surface area contributed by atoms with E-state index in [1.807, 2.05) is 19.9 Å². The van der Waals surface area contributed by atoms with Gasteiger partial charge in [-0.2, -0.15) is 0 Å². The molecule has 56 valence electrons. The van der Waals surface area contributed by atoms with Crippen molar-refractivity contribution in [3.8, 4) is 0 Å². The van der Waals surface area contributed by atoms with Crippen LogP contribution in [0.1, 0.15) is 13.8 Å². The van der Waals surface area contributed by atoms with Gasteiger partial charge in [0.2, 0.25) is 6.41 Å². The number of nitrogens with zero attached hydrogens (tertiary/aromatic N) is 1. The third kappa shape index (κ3) is 3.83. The normalized spacial score (nSPS) is 12.0. The summed E-state index contributed by atoms with van der Waals surface area (Å²) >= 11 is 0. The number of hydrogen-bond acceptors (Lipinski definition) is 2. The first kappa shape index (κ1) is 8.88. The third-order valence-corrected chi connectivity index (χ3v) is 0.995. The number of carbonyl (C=O) groups is 1. The standard InChI is InChI=1S/C7H12N2O/c1-3-7(9-4-2)5-8-6-10/h3-4,6H,5H2,1-2H3,(H,8,10)/b7-3-,9-4-. The molecule has 0 aliphatic rings. The van der Waals surface area contributed by atoms with E-state index in [4.69, 9.17) is 0 Å². The molecule has 0 heterocycles. The minimum Gasteiger partial charge on any atom is -0.353 e. The molecule has 0 saturated heterocycles. The van der Waals surface area contributed by atoms with Crippen LogP contribution >= 0.6 is 0 Å². The first-order valence-electron chi connectivity index (χ1n) is 3.16. The molecule has 0 aromatic heterocycles. The van der Waals surface area contributed by atoms with Crippen LogP contribution in [0, 0.1) is 0 Å². The van der Waals surface area contributed by atoms with Crippen molar-refractivity contribution < 1.29 is 4.79 Å². The molecule has 0 aromatic rings. The topological polar surface area (TPSA) is 41.5 Å². The van der Waals surface area contributed by atoms with Crippen LogP contribution in [0.5, 0.6) is 0 Å².